The van der Waals surface area contributed by atoms with Crippen molar-refractivity contribution in [1.82, 2.24) is 4.98 Å². The molecule has 0 spiro atoms. The number of nitrogens with two attached hydrogens (primary N) is 1. The number of hydrogen-bond acceptors (Lipinski definition) is 4. The summed E-state index contributed by atoms with van der Waals surface area (Å²) in [6, 6.07) is 10.8. The van der Waals surface area contributed by atoms with Gasteiger partial charge in [0.15, 0.2) is 0 Å². The molecule has 0 saturated heterocycles. The number of pyridine rings is 1. The molecule has 1 aromatic heterocycles. The number of aromatic nitrogens is 1. The number of aryl methyl sites for hydroxylation is 1. The fourth-order valence-corrected chi connectivity index (χ4v) is 1.75. The van der Waals surface area contributed by atoms with Crippen molar-refractivity contribution in [1.29, 1.82) is 5.26 Å². The third kappa shape index (κ3) is 2.44. The Morgan fingerprint density at radius 1 is 1.33 bits per heavy atom. The second-order valence-corrected chi connectivity index (χ2v) is 4.47. The molecule has 2 rings (SSSR count). The van der Waals surface area contributed by atoms with Gasteiger partial charge in [-0.25, -0.2) is 4.98 Å². The van der Waals surface area contributed by atoms with Gasteiger partial charge >= 0.3 is 0 Å². The maximum atomic E-state index is 9.00. The Morgan fingerprint density at radius 3 is 2.83 bits per heavy atom. The molecular weight excluding hydrogens is 294 g/mol. The normalized spacial score (nSPS) is 9.83. The molecule has 2 aromatic rings. The molecule has 0 bridgehead atoms. The van der Waals surface area contributed by atoms with Crippen LogP contribution in [0.15, 0.2) is 34.8 Å². The highest BCUT2D eigenvalue weighted by atomic mass is 79.9. The van der Waals surface area contributed by atoms with Gasteiger partial charge in [0.25, 0.3) is 0 Å². The highest BCUT2D eigenvalue weighted by molar-refractivity contribution is 9.10. The van der Waals surface area contributed by atoms with E-state index in [0.717, 1.165) is 5.69 Å². The number of anilines is 1. The SMILES string of the molecule is Cc1ccc(C#N)c(Oc2cccc(N)c2Br)n1. The van der Waals surface area contributed by atoms with Gasteiger partial charge in [-0.2, -0.15) is 5.26 Å². The molecule has 1 aromatic carbocycles. The third-order valence-corrected chi connectivity index (χ3v) is 3.17. The Morgan fingerprint density at radius 2 is 2.11 bits per heavy atom. The molecule has 4 nitrogen and oxygen atoms in total. The summed E-state index contributed by atoms with van der Waals surface area (Å²) in [6.45, 7) is 1.84. The molecule has 0 radical (unpaired) electrons. The van der Waals surface area contributed by atoms with Crippen LogP contribution in [0, 0.1) is 18.3 Å². The topological polar surface area (TPSA) is 71.9 Å². The van der Waals surface area contributed by atoms with Crippen LogP contribution < -0.4 is 10.5 Å². The van der Waals surface area contributed by atoms with E-state index in [1.807, 2.05) is 13.0 Å². The van der Waals surface area contributed by atoms with Gasteiger partial charge in [-0.15, -0.1) is 0 Å². The zero-order chi connectivity index (χ0) is 13.1. The van der Waals surface area contributed by atoms with E-state index in [-0.39, 0.29) is 5.88 Å². The lowest BCUT2D eigenvalue weighted by molar-refractivity contribution is 0.457. The van der Waals surface area contributed by atoms with E-state index >= 15 is 0 Å². The van der Waals surface area contributed by atoms with Gasteiger partial charge in [0, 0.05) is 11.4 Å². The van der Waals surface area contributed by atoms with Crippen LogP contribution >= 0.6 is 15.9 Å². The van der Waals surface area contributed by atoms with Crippen molar-refractivity contribution in [2.75, 3.05) is 5.73 Å². The number of nitrogens with zero attached hydrogens (tertiary/aromatic N) is 2. The summed E-state index contributed by atoms with van der Waals surface area (Å²) in [5.74, 6) is 0.813. The van der Waals surface area contributed by atoms with E-state index in [1.54, 1.807) is 30.3 Å². The fourth-order valence-electron chi connectivity index (χ4n) is 1.41. The molecule has 2 N–H and O–H groups in total. The molecule has 1 heterocycles. The van der Waals surface area contributed by atoms with E-state index in [4.69, 9.17) is 15.7 Å². The van der Waals surface area contributed by atoms with Gasteiger partial charge in [0.2, 0.25) is 5.88 Å². The molecule has 0 fully saturated rings. The molecular formula is C13H10BrN3O. The smallest absolute Gasteiger partial charge is 0.237 e. The lowest BCUT2D eigenvalue weighted by atomic mass is 10.2. The molecule has 0 amide bonds. The zero-order valence-electron chi connectivity index (χ0n) is 9.64. The predicted octanol–water partition coefficient (Wildman–Crippen LogP) is 3.40. The van der Waals surface area contributed by atoms with Gasteiger partial charge < -0.3 is 10.5 Å². The minimum absolute atomic E-state index is 0.281. The Labute approximate surface area is 113 Å². The predicted molar refractivity (Wildman–Crippen MR) is 72.3 cm³/mol. The number of hydrogen-bond donors (Lipinski definition) is 1. The quantitative estimate of drug-likeness (QED) is 0.863. The van der Waals surface area contributed by atoms with E-state index in [1.165, 1.54) is 0 Å². The lowest BCUT2D eigenvalue weighted by Crippen LogP contribution is -1.96. The molecule has 0 saturated carbocycles. The number of nitrogen functional groups attached to an aromatic ring is 1. The summed E-state index contributed by atoms with van der Waals surface area (Å²) in [5, 5.41) is 9.00. The highest BCUT2D eigenvalue weighted by Crippen LogP contribution is 2.34. The van der Waals surface area contributed by atoms with Gasteiger partial charge in [0.1, 0.15) is 17.4 Å². The maximum Gasteiger partial charge on any atom is 0.237 e. The Hall–Kier alpha value is -2.06. The first-order valence-electron chi connectivity index (χ1n) is 5.21. The first-order valence-corrected chi connectivity index (χ1v) is 6.00. The third-order valence-electron chi connectivity index (χ3n) is 2.32. The summed E-state index contributed by atoms with van der Waals surface area (Å²) in [6.07, 6.45) is 0. The monoisotopic (exact) mass is 303 g/mol. The number of benzene rings is 1. The number of ether oxygens (including phenoxy) is 1. The number of halogens is 1. The molecule has 5 heteroatoms. The van der Waals surface area contributed by atoms with Crippen molar-refractivity contribution in [3.05, 3.63) is 46.1 Å². The minimum atomic E-state index is 0.281. The summed E-state index contributed by atoms with van der Waals surface area (Å²) in [4.78, 5) is 4.20. The van der Waals surface area contributed by atoms with E-state index in [0.29, 0.717) is 21.5 Å². The Bertz CT molecular complexity index is 635. The average Bonchev–Trinajstić information content (AvgIpc) is 2.35. The van der Waals surface area contributed by atoms with Crippen LogP contribution in [0.25, 0.3) is 0 Å². The minimum Gasteiger partial charge on any atom is -0.436 e. The second kappa shape index (κ2) is 5.07. The van der Waals surface area contributed by atoms with Gasteiger partial charge in [0.05, 0.1) is 4.47 Å². The molecule has 90 valence electrons. The van der Waals surface area contributed by atoms with Crippen LogP contribution in [-0.2, 0) is 0 Å². The van der Waals surface area contributed by atoms with Crippen LogP contribution in [0.1, 0.15) is 11.3 Å². The molecule has 0 aliphatic heterocycles. The average molecular weight is 304 g/mol. The van der Waals surface area contributed by atoms with Crippen molar-refractivity contribution in [3.63, 3.8) is 0 Å². The maximum absolute atomic E-state index is 9.00. The summed E-state index contributed by atoms with van der Waals surface area (Å²) < 4.78 is 6.28. The first-order chi connectivity index (χ1) is 8.61. The summed E-state index contributed by atoms with van der Waals surface area (Å²) in [5.41, 5.74) is 7.50. The van der Waals surface area contributed by atoms with Gasteiger partial charge in [-0.05, 0) is 47.1 Å². The zero-order valence-corrected chi connectivity index (χ0v) is 11.2. The van der Waals surface area contributed by atoms with E-state index < -0.39 is 0 Å². The fraction of sp³-hybridized carbons (Fsp3) is 0.0769. The molecule has 0 aliphatic carbocycles. The largest absolute Gasteiger partial charge is 0.436 e. The second-order valence-electron chi connectivity index (χ2n) is 3.68. The Balaban J connectivity index is 2.43. The highest BCUT2D eigenvalue weighted by Gasteiger charge is 2.10. The van der Waals surface area contributed by atoms with Crippen molar-refractivity contribution in [2.24, 2.45) is 0 Å². The first kappa shape index (κ1) is 12.4. The number of nitriles is 1. The van der Waals surface area contributed by atoms with Crippen LogP contribution in [0.3, 0.4) is 0 Å². The lowest BCUT2D eigenvalue weighted by Gasteiger charge is -2.09. The van der Waals surface area contributed by atoms with Crippen LogP contribution in [0.2, 0.25) is 0 Å². The van der Waals surface area contributed by atoms with Crippen molar-refractivity contribution in [3.8, 4) is 17.7 Å². The van der Waals surface area contributed by atoms with Gasteiger partial charge in [-0.1, -0.05) is 6.07 Å². The molecule has 0 aliphatic rings. The van der Waals surface area contributed by atoms with E-state index in [2.05, 4.69) is 20.9 Å². The summed E-state index contributed by atoms with van der Waals surface area (Å²) >= 11 is 3.34. The Kier molecular flexibility index (Phi) is 3.49. The number of rotatable bonds is 2. The van der Waals surface area contributed by atoms with Crippen LogP contribution in [0.5, 0.6) is 11.6 Å². The van der Waals surface area contributed by atoms with Crippen molar-refractivity contribution >= 4 is 21.6 Å². The standard InChI is InChI=1S/C13H10BrN3O/c1-8-5-6-9(7-15)13(17-8)18-11-4-2-3-10(16)12(11)14/h2-6H,16H2,1H3. The van der Waals surface area contributed by atoms with Crippen molar-refractivity contribution < 1.29 is 4.74 Å². The molecule has 0 atom stereocenters. The van der Waals surface area contributed by atoms with Crippen LogP contribution in [0.4, 0.5) is 5.69 Å². The molecule has 18 heavy (non-hydrogen) atoms. The summed E-state index contributed by atoms with van der Waals surface area (Å²) in [7, 11) is 0. The van der Waals surface area contributed by atoms with Crippen molar-refractivity contribution in [2.45, 2.75) is 6.92 Å². The van der Waals surface area contributed by atoms with Crippen LogP contribution in [-0.4, -0.2) is 4.98 Å². The van der Waals surface area contributed by atoms with Gasteiger partial charge in [-0.3, -0.25) is 0 Å². The molecule has 0 unspecified atom stereocenters. The van der Waals surface area contributed by atoms with E-state index in [9.17, 15) is 0 Å².